The van der Waals surface area contributed by atoms with Crippen molar-refractivity contribution in [2.45, 2.75) is 4.90 Å². The zero-order chi connectivity index (χ0) is 21.3. The largest absolute Gasteiger partial charge is 0.496 e. The predicted molar refractivity (Wildman–Crippen MR) is 112 cm³/mol. The van der Waals surface area contributed by atoms with Crippen molar-refractivity contribution in [1.82, 2.24) is 9.21 Å². The van der Waals surface area contributed by atoms with Crippen LogP contribution >= 0.6 is 0 Å². The van der Waals surface area contributed by atoms with E-state index in [9.17, 15) is 17.6 Å². The van der Waals surface area contributed by atoms with Crippen molar-refractivity contribution in [2.75, 3.05) is 33.3 Å². The number of hydrogen-bond acceptors (Lipinski definition) is 4. The molecule has 4 rings (SSSR count). The number of rotatable bonds is 4. The van der Waals surface area contributed by atoms with Crippen molar-refractivity contribution in [1.29, 1.82) is 0 Å². The minimum Gasteiger partial charge on any atom is -0.496 e. The Morgan fingerprint density at radius 2 is 1.63 bits per heavy atom. The quantitative estimate of drug-likeness (QED) is 0.640. The molecule has 0 atom stereocenters. The molecule has 1 saturated heterocycles. The fraction of sp³-hybridized carbons (Fsp3) is 0.227. The normalized spacial score (nSPS) is 15.3. The van der Waals surface area contributed by atoms with Gasteiger partial charge in [-0.3, -0.25) is 4.79 Å². The van der Waals surface area contributed by atoms with Gasteiger partial charge in [0.15, 0.2) is 0 Å². The minimum absolute atomic E-state index is 0.128. The van der Waals surface area contributed by atoms with E-state index in [0.717, 1.165) is 16.8 Å². The fourth-order valence-electron chi connectivity index (χ4n) is 3.63. The maximum atomic E-state index is 13.6. The summed E-state index contributed by atoms with van der Waals surface area (Å²) in [5.74, 6) is -0.626. The van der Waals surface area contributed by atoms with E-state index in [2.05, 4.69) is 0 Å². The zero-order valence-electron chi connectivity index (χ0n) is 16.4. The third kappa shape index (κ3) is 3.76. The van der Waals surface area contributed by atoms with Crippen molar-refractivity contribution in [3.8, 4) is 5.75 Å². The highest BCUT2D eigenvalue weighted by Crippen LogP contribution is 2.25. The molecule has 0 aromatic heterocycles. The van der Waals surface area contributed by atoms with E-state index in [-0.39, 0.29) is 48.3 Å². The number of benzene rings is 3. The highest BCUT2D eigenvalue weighted by atomic mass is 32.2. The second kappa shape index (κ2) is 8.04. The van der Waals surface area contributed by atoms with Crippen LogP contribution in [0.25, 0.3) is 10.8 Å². The summed E-state index contributed by atoms with van der Waals surface area (Å²) in [5, 5.41) is 1.82. The highest BCUT2D eigenvalue weighted by molar-refractivity contribution is 7.89. The number of halogens is 1. The molecule has 0 radical (unpaired) electrons. The summed E-state index contributed by atoms with van der Waals surface area (Å²) in [6.07, 6.45) is 0. The van der Waals surface area contributed by atoms with Gasteiger partial charge in [0.25, 0.3) is 5.91 Å². The van der Waals surface area contributed by atoms with Crippen molar-refractivity contribution in [3.63, 3.8) is 0 Å². The monoisotopic (exact) mass is 428 g/mol. The Bertz CT molecular complexity index is 1200. The van der Waals surface area contributed by atoms with Crippen LogP contribution in [0.1, 0.15) is 10.4 Å². The number of nitrogens with zero attached hydrogens (tertiary/aromatic N) is 2. The van der Waals surface area contributed by atoms with Crippen LogP contribution in [0.2, 0.25) is 0 Å². The van der Waals surface area contributed by atoms with Crippen molar-refractivity contribution in [2.24, 2.45) is 0 Å². The highest BCUT2D eigenvalue weighted by Gasteiger charge is 2.31. The lowest BCUT2D eigenvalue weighted by Crippen LogP contribution is -2.50. The van der Waals surface area contributed by atoms with Gasteiger partial charge >= 0.3 is 0 Å². The van der Waals surface area contributed by atoms with Gasteiger partial charge in [0.05, 0.1) is 17.6 Å². The molecular formula is C22H21FN2O4S. The zero-order valence-corrected chi connectivity index (χ0v) is 17.2. The topological polar surface area (TPSA) is 66.9 Å². The number of carbonyl (C=O) groups excluding carboxylic acids is 1. The molecule has 30 heavy (non-hydrogen) atoms. The van der Waals surface area contributed by atoms with Crippen LogP contribution in [0.5, 0.6) is 5.75 Å². The van der Waals surface area contributed by atoms with Crippen molar-refractivity contribution in [3.05, 3.63) is 72.0 Å². The molecule has 1 aliphatic heterocycles. The smallest absolute Gasteiger partial charge is 0.257 e. The molecule has 0 bridgehead atoms. The average molecular weight is 428 g/mol. The van der Waals surface area contributed by atoms with E-state index in [0.29, 0.717) is 0 Å². The Labute approximate surface area is 174 Å². The van der Waals surface area contributed by atoms with Gasteiger partial charge in [0.2, 0.25) is 10.0 Å². The summed E-state index contributed by atoms with van der Waals surface area (Å²) in [4.78, 5) is 14.6. The number of ether oxygens (including phenoxy) is 1. The molecule has 6 nitrogen and oxygen atoms in total. The Kier molecular flexibility index (Phi) is 5.44. The molecule has 1 amide bonds. The second-order valence-electron chi connectivity index (χ2n) is 7.05. The summed E-state index contributed by atoms with van der Waals surface area (Å²) < 4.78 is 46.3. The first-order valence-electron chi connectivity index (χ1n) is 9.52. The number of amides is 1. The van der Waals surface area contributed by atoms with E-state index < -0.39 is 15.8 Å². The van der Waals surface area contributed by atoms with E-state index in [1.807, 2.05) is 24.3 Å². The third-order valence-electron chi connectivity index (χ3n) is 5.28. The SMILES string of the molecule is COc1ccc(F)cc1C(=O)N1CCN(S(=O)(=O)c2ccc3ccccc3c2)CC1. The molecule has 3 aromatic carbocycles. The molecule has 1 heterocycles. The summed E-state index contributed by atoms with van der Waals surface area (Å²) in [6.45, 7) is 0.758. The van der Waals surface area contributed by atoms with Gasteiger partial charge in [-0.05, 0) is 41.1 Å². The summed E-state index contributed by atoms with van der Waals surface area (Å²) in [6, 6.07) is 16.4. The number of piperazine rings is 1. The van der Waals surface area contributed by atoms with E-state index in [1.54, 1.807) is 18.2 Å². The third-order valence-corrected chi connectivity index (χ3v) is 7.17. The number of carbonyl (C=O) groups is 1. The first kappa shape index (κ1) is 20.3. The summed E-state index contributed by atoms with van der Waals surface area (Å²) in [5.41, 5.74) is 0.128. The van der Waals surface area contributed by atoms with Gasteiger partial charge in [0, 0.05) is 26.2 Å². The molecule has 3 aromatic rings. The number of fused-ring (bicyclic) bond motifs is 1. The Hall–Kier alpha value is -2.97. The molecule has 8 heteroatoms. The molecule has 1 aliphatic rings. The minimum atomic E-state index is -3.68. The van der Waals surface area contributed by atoms with Gasteiger partial charge in [-0.25, -0.2) is 12.8 Å². The van der Waals surface area contributed by atoms with E-state index >= 15 is 0 Å². The summed E-state index contributed by atoms with van der Waals surface area (Å²) in [7, 11) is -2.26. The number of sulfonamides is 1. The standard InChI is InChI=1S/C22H21FN2O4S/c1-29-21-9-7-18(23)15-20(21)22(26)24-10-12-25(13-11-24)30(27,28)19-8-6-16-4-2-3-5-17(16)14-19/h2-9,14-15H,10-13H2,1H3. The average Bonchev–Trinajstić information content (AvgIpc) is 2.78. The second-order valence-corrected chi connectivity index (χ2v) is 8.99. The fourth-order valence-corrected chi connectivity index (χ4v) is 5.08. The molecule has 0 unspecified atom stereocenters. The predicted octanol–water partition coefficient (Wildman–Crippen LogP) is 3.13. The van der Waals surface area contributed by atoms with Crippen LogP contribution in [-0.2, 0) is 10.0 Å². The first-order valence-corrected chi connectivity index (χ1v) is 11.0. The molecule has 0 spiro atoms. The van der Waals surface area contributed by atoms with Crippen LogP contribution in [0.4, 0.5) is 4.39 Å². The van der Waals surface area contributed by atoms with Gasteiger partial charge in [0.1, 0.15) is 11.6 Å². The van der Waals surface area contributed by atoms with Crippen LogP contribution in [0.3, 0.4) is 0 Å². The van der Waals surface area contributed by atoms with Crippen LogP contribution in [0.15, 0.2) is 65.6 Å². The van der Waals surface area contributed by atoms with Crippen LogP contribution in [0, 0.1) is 5.82 Å². The molecule has 156 valence electrons. The van der Waals surface area contributed by atoms with E-state index in [4.69, 9.17) is 4.74 Å². The number of methoxy groups -OCH3 is 1. The Morgan fingerprint density at radius 3 is 2.33 bits per heavy atom. The molecule has 0 N–H and O–H groups in total. The van der Waals surface area contributed by atoms with Gasteiger partial charge < -0.3 is 9.64 Å². The van der Waals surface area contributed by atoms with Gasteiger partial charge in [-0.1, -0.05) is 30.3 Å². The maximum Gasteiger partial charge on any atom is 0.257 e. The molecular weight excluding hydrogens is 407 g/mol. The lowest BCUT2D eigenvalue weighted by atomic mass is 10.1. The Balaban J connectivity index is 1.51. The molecule has 0 saturated carbocycles. The van der Waals surface area contributed by atoms with Gasteiger partial charge in [-0.15, -0.1) is 0 Å². The van der Waals surface area contributed by atoms with Crippen LogP contribution in [-0.4, -0.2) is 56.8 Å². The lowest BCUT2D eigenvalue weighted by Gasteiger charge is -2.34. The van der Waals surface area contributed by atoms with E-state index in [1.165, 1.54) is 28.4 Å². The van der Waals surface area contributed by atoms with Gasteiger partial charge in [-0.2, -0.15) is 4.31 Å². The summed E-state index contributed by atoms with van der Waals surface area (Å²) >= 11 is 0. The van der Waals surface area contributed by atoms with Crippen molar-refractivity contribution < 1.29 is 22.3 Å². The Morgan fingerprint density at radius 1 is 0.933 bits per heavy atom. The molecule has 0 aliphatic carbocycles. The van der Waals surface area contributed by atoms with Crippen molar-refractivity contribution >= 4 is 26.7 Å². The van der Waals surface area contributed by atoms with Crippen LogP contribution < -0.4 is 4.74 Å². The first-order chi connectivity index (χ1) is 14.4. The maximum absolute atomic E-state index is 13.6. The molecule has 1 fully saturated rings. The number of hydrogen-bond donors (Lipinski definition) is 0. The lowest BCUT2D eigenvalue weighted by molar-refractivity contribution is 0.0694.